The summed E-state index contributed by atoms with van der Waals surface area (Å²) < 4.78 is 28.3. The Hall–Kier alpha value is -1.83. The second kappa shape index (κ2) is 8.91. The van der Waals surface area contributed by atoms with E-state index in [9.17, 15) is 13.2 Å². The van der Waals surface area contributed by atoms with E-state index in [1.807, 2.05) is 19.1 Å². The van der Waals surface area contributed by atoms with Crippen LogP contribution in [-0.4, -0.2) is 36.3 Å². The number of hydrogen-bond acceptors (Lipinski definition) is 3. The molecule has 0 radical (unpaired) electrons. The zero-order valence-electron chi connectivity index (χ0n) is 16.1. The topological polar surface area (TPSA) is 71.4 Å². The van der Waals surface area contributed by atoms with Gasteiger partial charge in [-0.25, -0.2) is 8.42 Å². The molecule has 1 atom stereocenters. The van der Waals surface area contributed by atoms with Crippen molar-refractivity contribution in [1.29, 1.82) is 0 Å². The molecule has 0 aliphatic rings. The van der Waals surface area contributed by atoms with Gasteiger partial charge in [-0.15, -0.1) is 0 Å². The van der Waals surface area contributed by atoms with E-state index >= 15 is 0 Å². The summed E-state index contributed by atoms with van der Waals surface area (Å²) in [5.74, 6) is -0.319. The first-order valence-electron chi connectivity index (χ1n) is 8.97. The molecule has 0 unspecified atom stereocenters. The zero-order valence-corrected chi connectivity index (χ0v) is 17.6. The lowest BCUT2D eigenvalue weighted by Gasteiger charge is -2.18. The second-order valence-corrected chi connectivity index (χ2v) is 8.62. The molecule has 0 spiro atoms. The molecule has 8 heteroatoms. The Morgan fingerprint density at radius 1 is 1.19 bits per heavy atom. The van der Waals surface area contributed by atoms with Crippen molar-refractivity contribution in [2.24, 2.45) is 7.05 Å². The predicted octanol–water partition coefficient (Wildman–Crippen LogP) is 3.59. The third kappa shape index (κ3) is 4.72. The summed E-state index contributed by atoms with van der Waals surface area (Å²) in [6, 6.07) is 8.55. The monoisotopic (exact) mass is 411 g/mol. The van der Waals surface area contributed by atoms with Crippen LogP contribution in [0.3, 0.4) is 0 Å². The number of rotatable bonds is 8. The maximum absolute atomic E-state index is 12.8. The molecule has 1 amide bonds. The highest BCUT2D eigenvalue weighted by molar-refractivity contribution is 7.89. The standard InChI is InChI=1S/C19H26ClN3O3S/c1-5-17(14-8-10-15(20)11-9-14)21-19(24)18-12-16(13-22(18)4)27(25,26)23(6-2)7-3/h8-13,17H,5-7H2,1-4H3,(H,21,24)/t17-/m1/s1. The van der Waals surface area contributed by atoms with Crippen molar-refractivity contribution in [1.82, 2.24) is 14.2 Å². The summed E-state index contributed by atoms with van der Waals surface area (Å²) in [5.41, 5.74) is 1.24. The minimum atomic E-state index is -3.61. The van der Waals surface area contributed by atoms with Gasteiger partial charge in [-0.2, -0.15) is 4.31 Å². The van der Waals surface area contributed by atoms with Gasteiger partial charge in [0.15, 0.2) is 0 Å². The van der Waals surface area contributed by atoms with Crippen LogP contribution >= 0.6 is 11.6 Å². The van der Waals surface area contributed by atoms with Crippen molar-refractivity contribution < 1.29 is 13.2 Å². The van der Waals surface area contributed by atoms with E-state index in [0.717, 1.165) is 5.56 Å². The van der Waals surface area contributed by atoms with Crippen molar-refractivity contribution >= 4 is 27.5 Å². The first kappa shape index (κ1) is 21.5. The van der Waals surface area contributed by atoms with E-state index in [1.54, 1.807) is 37.6 Å². The van der Waals surface area contributed by atoms with E-state index in [1.165, 1.54) is 16.6 Å². The summed E-state index contributed by atoms with van der Waals surface area (Å²) in [6.45, 7) is 6.30. The number of sulfonamides is 1. The summed E-state index contributed by atoms with van der Waals surface area (Å²) in [5, 5.41) is 3.60. The van der Waals surface area contributed by atoms with Gasteiger partial charge in [-0.1, -0.05) is 44.5 Å². The SMILES string of the molecule is CC[C@@H](NC(=O)c1cc(S(=O)(=O)N(CC)CC)cn1C)c1ccc(Cl)cc1. The molecule has 2 aromatic rings. The average Bonchev–Trinajstić information content (AvgIpc) is 3.04. The van der Waals surface area contributed by atoms with Gasteiger partial charge in [-0.3, -0.25) is 4.79 Å². The van der Waals surface area contributed by atoms with Gasteiger partial charge in [0.1, 0.15) is 10.6 Å². The summed E-state index contributed by atoms with van der Waals surface area (Å²) in [7, 11) is -1.94. The Morgan fingerprint density at radius 3 is 2.30 bits per heavy atom. The van der Waals surface area contributed by atoms with Crippen LogP contribution in [0.1, 0.15) is 49.3 Å². The summed E-state index contributed by atoms with van der Waals surface area (Å²) >= 11 is 5.93. The average molecular weight is 412 g/mol. The molecule has 2 rings (SSSR count). The lowest BCUT2D eigenvalue weighted by Crippen LogP contribution is -2.30. The molecule has 1 aromatic heterocycles. The number of nitrogens with one attached hydrogen (secondary N) is 1. The number of aryl methyl sites for hydroxylation is 1. The van der Waals surface area contributed by atoms with Crippen LogP contribution in [0, 0.1) is 0 Å². The summed E-state index contributed by atoms with van der Waals surface area (Å²) in [6.07, 6.45) is 2.17. The molecule has 0 bridgehead atoms. The van der Waals surface area contributed by atoms with Gasteiger partial charge in [0.25, 0.3) is 5.91 Å². The number of carbonyl (C=O) groups is 1. The highest BCUT2D eigenvalue weighted by atomic mass is 35.5. The molecule has 1 N–H and O–H groups in total. The molecule has 6 nitrogen and oxygen atoms in total. The molecule has 148 valence electrons. The van der Waals surface area contributed by atoms with Crippen LogP contribution in [0.25, 0.3) is 0 Å². The van der Waals surface area contributed by atoms with Gasteiger partial charge < -0.3 is 9.88 Å². The second-order valence-electron chi connectivity index (χ2n) is 6.25. The van der Waals surface area contributed by atoms with Gasteiger partial charge >= 0.3 is 0 Å². The van der Waals surface area contributed by atoms with Gasteiger partial charge in [0.2, 0.25) is 10.0 Å². The van der Waals surface area contributed by atoms with E-state index in [0.29, 0.717) is 30.2 Å². The minimum absolute atomic E-state index is 0.124. The Bertz CT molecular complexity index is 887. The molecule has 27 heavy (non-hydrogen) atoms. The minimum Gasteiger partial charge on any atom is -0.345 e. The van der Waals surface area contributed by atoms with Gasteiger partial charge in [-0.05, 0) is 30.2 Å². The number of halogens is 1. The van der Waals surface area contributed by atoms with E-state index in [-0.39, 0.29) is 16.8 Å². The molecule has 0 aliphatic carbocycles. The maximum atomic E-state index is 12.8. The molecule has 0 saturated carbocycles. The number of hydrogen-bond donors (Lipinski definition) is 1. The van der Waals surface area contributed by atoms with E-state index < -0.39 is 10.0 Å². The number of nitrogens with zero attached hydrogens (tertiary/aromatic N) is 2. The van der Waals surface area contributed by atoms with Crippen LogP contribution in [-0.2, 0) is 17.1 Å². The number of benzene rings is 1. The highest BCUT2D eigenvalue weighted by Crippen LogP contribution is 2.22. The lowest BCUT2D eigenvalue weighted by atomic mass is 10.0. The van der Waals surface area contributed by atoms with Crippen molar-refractivity contribution in [2.45, 2.75) is 38.1 Å². The largest absolute Gasteiger partial charge is 0.345 e. The van der Waals surface area contributed by atoms with Crippen molar-refractivity contribution in [2.75, 3.05) is 13.1 Å². The number of amides is 1. The maximum Gasteiger partial charge on any atom is 0.268 e. The summed E-state index contributed by atoms with van der Waals surface area (Å²) in [4.78, 5) is 12.9. The molecule has 0 aliphatic heterocycles. The fourth-order valence-corrected chi connectivity index (χ4v) is 4.62. The fraction of sp³-hybridized carbons (Fsp3) is 0.421. The van der Waals surface area contributed by atoms with E-state index in [4.69, 9.17) is 11.6 Å². The predicted molar refractivity (Wildman–Crippen MR) is 107 cm³/mol. The van der Waals surface area contributed by atoms with E-state index in [2.05, 4.69) is 5.32 Å². The van der Waals surface area contributed by atoms with Crippen LogP contribution in [0.5, 0.6) is 0 Å². The van der Waals surface area contributed by atoms with Crippen LogP contribution in [0.4, 0.5) is 0 Å². The van der Waals surface area contributed by atoms with Crippen molar-refractivity contribution in [3.8, 4) is 0 Å². The van der Waals surface area contributed by atoms with Crippen molar-refractivity contribution in [3.05, 3.63) is 52.8 Å². The Labute approximate surface area is 166 Å². The van der Waals surface area contributed by atoms with Gasteiger partial charge in [0, 0.05) is 31.4 Å². The normalized spacial score (nSPS) is 13.0. The van der Waals surface area contributed by atoms with Crippen LogP contribution < -0.4 is 5.32 Å². The van der Waals surface area contributed by atoms with Gasteiger partial charge in [0.05, 0.1) is 6.04 Å². The number of aromatic nitrogens is 1. The quantitative estimate of drug-likeness (QED) is 0.721. The first-order valence-corrected chi connectivity index (χ1v) is 10.8. The third-order valence-electron chi connectivity index (χ3n) is 4.54. The Balaban J connectivity index is 2.26. The molecule has 1 aromatic carbocycles. The fourth-order valence-electron chi connectivity index (χ4n) is 2.96. The lowest BCUT2D eigenvalue weighted by molar-refractivity contribution is 0.0927. The van der Waals surface area contributed by atoms with Crippen LogP contribution in [0.15, 0.2) is 41.4 Å². The highest BCUT2D eigenvalue weighted by Gasteiger charge is 2.26. The van der Waals surface area contributed by atoms with Crippen LogP contribution in [0.2, 0.25) is 5.02 Å². The smallest absolute Gasteiger partial charge is 0.268 e. The molecule has 0 fully saturated rings. The molecule has 1 heterocycles. The molecular weight excluding hydrogens is 386 g/mol. The Morgan fingerprint density at radius 2 is 1.78 bits per heavy atom. The molecular formula is C19H26ClN3O3S. The zero-order chi connectivity index (χ0) is 20.2. The first-order chi connectivity index (χ1) is 12.7. The van der Waals surface area contributed by atoms with Crippen molar-refractivity contribution in [3.63, 3.8) is 0 Å². The molecule has 0 saturated heterocycles. The Kier molecular flexibility index (Phi) is 7.08. The third-order valence-corrected chi connectivity index (χ3v) is 6.81. The number of carbonyl (C=O) groups excluding carboxylic acids is 1.